The van der Waals surface area contributed by atoms with Gasteiger partial charge in [0, 0.05) is 6.20 Å². The third-order valence-electron chi connectivity index (χ3n) is 2.65. The van der Waals surface area contributed by atoms with E-state index < -0.39 is 22.9 Å². The van der Waals surface area contributed by atoms with Crippen molar-refractivity contribution in [3.8, 4) is 0 Å². The Morgan fingerprint density at radius 2 is 2.50 bits per heavy atom. The highest BCUT2D eigenvalue weighted by Gasteiger charge is 2.47. The third-order valence-corrected chi connectivity index (χ3v) is 3.09. The number of nitrogens with zero attached hydrogens (tertiary/aromatic N) is 2. The molecule has 0 saturated carbocycles. The van der Waals surface area contributed by atoms with Crippen LogP contribution in [0.5, 0.6) is 0 Å². The molecule has 2 rings (SSSR count). The van der Waals surface area contributed by atoms with Gasteiger partial charge >= 0.3 is 5.69 Å². The van der Waals surface area contributed by atoms with Crippen molar-refractivity contribution in [1.82, 2.24) is 9.55 Å². The van der Waals surface area contributed by atoms with Gasteiger partial charge in [0.1, 0.15) is 16.8 Å². The fourth-order valence-corrected chi connectivity index (χ4v) is 1.86. The van der Waals surface area contributed by atoms with Crippen LogP contribution >= 0.6 is 11.6 Å². The van der Waals surface area contributed by atoms with E-state index in [0.717, 1.165) is 0 Å². The lowest BCUT2D eigenvalue weighted by atomic mass is 10.1. The number of anilines is 1. The molecular weight excluding hydrogens is 234 g/mol. The number of nitrogens with two attached hydrogens (primary N) is 1. The second-order valence-corrected chi connectivity index (χ2v) is 4.71. The summed E-state index contributed by atoms with van der Waals surface area (Å²) in [5.74, 6) is 0.135. The van der Waals surface area contributed by atoms with Crippen LogP contribution in [0, 0.1) is 0 Å². The molecule has 1 saturated heterocycles. The Hall–Kier alpha value is -1.11. The number of hydrogen-bond acceptors (Lipinski definition) is 5. The Kier molecular flexibility index (Phi) is 2.65. The first-order valence-electron chi connectivity index (χ1n) is 4.76. The molecule has 6 nitrogen and oxygen atoms in total. The number of aliphatic hydroxyl groups is 1. The van der Waals surface area contributed by atoms with Crippen molar-refractivity contribution in [2.75, 3.05) is 12.3 Å². The summed E-state index contributed by atoms with van der Waals surface area (Å²) < 4.78 is 6.51. The van der Waals surface area contributed by atoms with Crippen molar-refractivity contribution in [3.05, 3.63) is 22.7 Å². The predicted molar refractivity (Wildman–Crippen MR) is 58.2 cm³/mol. The number of alkyl halides is 1. The maximum atomic E-state index is 11.6. The average Bonchev–Trinajstić information content (AvgIpc) is 2.44. The summed E-state index contributed by atoms with van der Waals surface area (Å²) in [6, 6.07) is 1.47. The van der Waals surface area contributed by atoms with E-state index in [-0.39, 0.29) is 12.4 Å². The molecule has 0 aromatic carbocycles. The normalized spacial score (nSPS) is 34.2. The summed E-state index contributed by atoms with van der Waals surface area (Å²) in [5, 5.41) is 9.62. The number of rotatable bonds is 1. The zero-order valence-electron chi connectivity index (χ0n) is 8.63. The molecular formula is C9H12ClN3O3. The molecule has 0 unspecified atom stereocenters. The van der Waals surface area contributed by atoms with Gasteiger partial charge in [0.2, 0.25) is 0 Å². The molecule has 16 heavy (non-hydrogen) atoms. The number of ether oxygens (including phenoxy) is 1. The first kappa shape index (κ1) is 11.4. The van der Waals surface area contributed by atoms with Gasteiger partial charge < -0.3 is 15.6 Å². The van der Waals surface area contributed by atoms with Gasteiger partial charge in [0.15, 0.2) is 6.23 Å². The van der Waals surface area contributed by atoms with Crippen LogP contribution in [0.1, 0.15) is 13.2 Å². The van der Waals surface area contributed by atoms with Crippen LogP contribution in [0.4, 0.5) is 5.82 Å². The molecule has 0 amide bonds. The monoisotopic (exact) mass is 245 g/mol. The third kappa shape index (κ3) is 1.68. The Morgan fingerprint density at radius 3 is 3.00 bits per heavy atom. The van der Waals surface area contributed by atoms with Gasteiger partial charge in [-0.05, 0) is 13.0 Å². The quantitative estimate of drug-likeness (QED) is 0.664. The highest BCUT2D eigenvalue weighted by atomic mass is 35.5. The standard InChI is InChI=1S/C9H12ClN3O3/c1-9(10)5(14)4-16-7(9)13-3-2-6(11)12-8(13)15/h2-3,5,7,14H,4H2,1H3,(H2,11,12,15)/t5-,7-,9-/m1/s1. The molecule has 2 heterocycles. The SMILES string of the molecule is C[C@@]1(Cl)[C@H](O)CO[C@H]1n1ccc(N)nc1=O. The Balaban J connectivity index is 2.42. The van der Waals surface area contributed by atoms with Gasteiger partial charge in [-0.3, -0.25) is 4.57 Å². The lowest BCUT2D eigenvalue weighted by Crippen LogP contribution is -2.40. The summed E-state index contributed by atoms with van der Waals surface area (Å²) in [4.78, 5) is 14.1. The highest BCUT2D eigenvalue weighted by molar-refractivity contribution is 6.24. The minimum absolute atomic E-state index is 0.0848. The summed E-state index contributed by atoms with van der Waals surface area (Å²) in [7, 11) is 0. The summed E-state index contributed by atoms with van der Waals surface area (Å²) in [5.41, 5.74) is 4.82. The van der Waals surface area contributed by atoms with Gasteiger partial charge in [-0.15, -0.1) is 11.6 Å². The van der Waals surface area contributed by atoms with Gasteiger partial charge in [-0.1, -0.05) is 0 Å². The highest BCUT2D eigenvalue weighted by Crippen LogP contribution is 2.38. The molecule has 1 aliphatic heterocycles. The van der Waals surface area contributed by atoms with E-state index in [1.54, 1.807) is 6.92 Å². The lowest BCUT2D eigenvalue weighted by Gasteiger charge is -2.26. The number of halogens is 1. The van der Waals surface area contributed by atoms with E-state index in [0.29, 0.717) is 0 Å². The molecule has 3 atom stereocenters. The molecule has 7 heteroatoms. The average molecular weight is 246 g/mol. The van der Waals surface area contributed by atoms with Crippen LogP contribution in [-0.4, -0.2) is 32.2 Å². The van der Waals surface area contributed by atoms with E-state index in [4.69, 9.17) is 22.1 Å². The lowest BCUT2D eigenvalue weighted by molar-refractivity contribution is 0.0372. The summed E-state index contributed by atoms with van der Waals surface area (Å²) >= 11 is 6.14. The zero-order chi connectivity index (χ0) is 11.9. The van der Waals surface area contributed by atoms with Gasteiger partial charge in [0.05, 0.1) is 6.61 Å². The summed E-state index contributed by atoms with van der Waals surface area (Å²) in [6.45, 7) is 1.70. The van der Waals surface area contributed by atoms with Gasteiger partial charge in [-0.25, -0.2) is 4.79 Å². The number of aromatic nitrogens is 2. The van der Waals surface area contributed by atoms with Crippen LogP contribution in [0.2, 0.25) is 0 Å². The van der Waals surface area contributed by atoms with Crippen molar-refractivity contribution >= 4 is 17.4 Å². The van der Waals surface area contributed by atoms with Crippen LogP contribution in [0.15, 0.2) is 17.1 Å². The second-order valence-electron chi connectivity index (χ2n) is 3.89. The fourth-order valence-electron chi connectivity index (χ4n) is 1.63. The largest absolute Gasteiger partial charge is 0.389 e. The Labute approximate surface area is 96.6 Å². The topological polar surface area (TPSA) is 90.4 Å². The van der Waals surface area contributed by atoms with Crippen LogP contribution in [0.3, 0.4) is 0 Å². The second kappa shape index (κ2) is 3.73. The number of nitrogen functional groups attached to an aromatic ring is 1. The molecule has 1 aromatic heterocycles. The van der Waals surface area contributed by atoms with Gasteiger partial charge in [0.25, 0.3) is 0 Å². The first-order valence-corrected chi connectivity index (χ1v) is 5.14. The molecule has 1 fully saturated rings. The molecule has 3 N–H and O–H groups in total. The fraction of sp³-hybridized carbons (Fsp3) is 0.556. The van der Waals surface area contributed by atoms with Crippen molar-refractivity contribution in [2.24, 2.45) is 0 Å². The van der Waals surface area contributed by atoms with Crippen LogP contribution in [0.25, 0.3) is 0 Å². The molecule has 0 bridgehead atoms. The molecule has 1 aromatic rings. The number of aliphatic hydroxyl groups excluding tert-OH is 1. The van der Waals surface area contributed by atoms with Crippen LogP contribution < -0.4 is 11.4 Å². The zero-order valence-corrected chi connectivity index (χ0v) is 9.39. The molecule has 0 aliphatic carbocycles. The maximum Gasteiger partial charge on any atom is 0.351 e. The van der Waals surface area contributed by atoms with Gasteiger partial charge in [-0.2, -0.15) is 4.98 Å². The molecule has 88 valence electrons. The minimum Gasteiger partial charge on any atom is -0.389 e. The van der Waals surface area contributed by atoms with Crippen molar-refractivity contribution < 1.29 is 9.84 Å². The van der Waals surface area contributed by atoms with Crippen molar-refractivity contribution in [2.45, 2.75) is 24.1 Å². The Bertz CT molecular complexity index is 460. The molecule has 0 radical (unpaired) electrons. The summed E-state index contributed by atoms with van der Waals surface area (Å²) in [6.07, 6.45) is -0.123. The molecule has 1 aliphatic rings. The smallest absolute Gasteiger partial charge is 0.351 e. The van der Waals surface area contributed by atoms with E-state index in [1.165, 1.54) is 16.8 Å². The number of hydrogen-bond donors (Lipinski definition) is 2. The Morgan fingerprint density at radius 1 is 1.81 bits per heavy atom. The first-order chi connectivity index (χ1) is 7.43. The predicted octanol–water partition coefficient (Wildman–Crippen LogP) is -0.287. The van der Waals surface area contributed by atoms with E-state index >= 15 is 0 Å². The maximum absolute atomic E-state index is 11.6. The van der Waals surface area contributed by atoms with Crippen LogP contribution in [-0.2, 0) is 4.74 Å². The minimum atomic E-state index is -1.05. The van der Waals surface area contributed by atoms with E-state index in [2.05, 4.69) is 4.98 Å². The van der Waals surface area contributed by atoms with Crippen molar-refractivity contribution in [1.29, 1.82) is 0 Å². The van der Waals surface area contributed by atoms with Crippen molar-refractivity contribution in [3.63, 3.8) is 0 Å². The molecule has 0 spiro atoms. The van der Waals surface area contributed by atoms with E-state index in [1.807, 2.05) is 0 Å². The van der Waals surface area contributed by atoms with E-state index in [9.17, 15) is 9.90 Å².